The van der Waals surface area contributed by atoms with Crippen molar-refractivity contribution in [1.29, 1.82) is 0 Å². The van der Waals surface area contributed by atoms with Gasteiger partial charge in [0.25, 0.3) is 10.3 Å². The molecule has 1 heterocycles. The number of hydrogen-bond donors (Lipinski definition) is 0. The molecule has 5 rings (SSSR count). The lowest BCUT2D eigenvalue weighted by molar-refractivity contribution is -0.685. The third-order valence-electron chi connectivity index (χ3n) is 5.62. The van der Waals surface area contributed by atoms with E-state index in [9.17, 15) is 0 Å². The predicted octanol–water partition coefficient (Wildman–Crippen LogP) is 3.68. The quantitative estimate of drug-likeness (QED) is 0.318. The average molecular weight is 512 g/mol. The molecule has 4 aromatic carbocycles. The molecule has 0 saturated carbocycles. The van der Waals surface area contributed by atoms with Crippen LogP contribution in [-0.4, -0.2) is 4.57 Å². The largest absolute Gasteiger partial charge is 1.00 e. The molecule has 0 N–H and O–H groups in total. The van der Waals surface area contributed by atoms with Crippen LogP contribution in [0.5, 0.6) is 0 Å². The van der Waals surface area contributed by atoms with E-state index in [2.05, 4.69) is 84.9 Å². The molecule has 2 nitrogen and oxygen atoms in total. The Morgan fingerprint density at radius 1 is 0.742 bits per heavy atom. The van der Waals surface area contributed by atoms with Gasteiger partial charge in [0, 0.05) is 6.42 Å². The summed E-state index contributed by atoms with van der Waals surface area (Å²) in [4.78, 5) is 0. The molecular weight excluding hydrogens is 491 g/mol. The van der Waals surface area contributed by atoms with E-state index < -0.39 is 0 Å². The van der Waals surface area contributed by atoms with E-state index in [-0.39, 0.29) is 17.0 Å². The normalized spacial score (nSPS) is 11.0. The Labute approximate surface area is 202 Å². The van der Waals surface area contributed by atoms with Crippen LogP contribution in [0, 0.1) is 0 Å². The second kappa shape index (κ2) is 9.44. The average Bonchev–Trinajstić information content (AvgIpc) is 3.05. The Bertz CT molecular complexity index is 1360. The summed E-state index contributed by atoms with van der Waals surface area (Å²) >= 11 is 13.1. The van der Waals surface area contributed by atoms with Gasteiger partial charge in [-0.15, -0.1) is 0 Å². The molecule has 0 aliphatic heterocycles. The van der Waals surface area contributed by atoms with Crippen LogP contribution in [0.25, 0.3) is 21.5 Å². The second-order valence-corrected chi connectivity index (χ2v) is 8.30. The molecule has 0 spiro atoms. The molecule has 0 fully saturated rings. The van der Waals surface area contributed by atoms with Crippen molar-refractivity contribution in [2.24, 2.45) is 0 Å². The Hall–Kier alpha value is -2.33. The van der Waals surface area contributed by atoms with Crippen LogP contribution < -0.4 is 21.5 Å². The van der Waals surface area contributed by atoms with E-state index in [0.29, 0.717) is 16.9 Å². The third kappa shape index (κ3) is 4.50. The lowest BCUT2D eigenvalue weighted by Crippen LogP contribution is -3.00. The van der Waals surface area contributed by atoms with Crippen molar-refractivity contribution >= 4 is 44.7 Å². The van der Waals surface area contributed by atoms with Gasteiger partial charge in [0.05, 0.1) is 6.54 Å². The van der Waals surface area contributed by atoms with Gasteiger partial charge in [0.15, 0.2) is 0 Å². The zero-order valence-electron chi connectivity index (χ0n) is 16.8. The number of nitrogens with zero attached hydrogens (tertiary/aromatic N) is 2. The minimum absolute atomic E-state index is 0. The number of halogens is 3. The highest BCUT2D eigenvalue weighted by atomic mass is 79.9. The van der Waals surface area contributed by atoms with Crippen LogP contribution in [0.2, 0.25) is 10.3 Å². The monoisotopic (exact) mass is 510 g/mol. The fraction of sp³-hybridized carbons (Fsp3) is 0.115. The smallest absolute Gasteiger partial charge is 0.255 e. The van der Waals surface area contributed by atoms with Gasteiger partial charge in [-0.25, -0.2) is 9.13 Å². The lowest BCUT2D eigenvalue weighted by atomic mass is 10.0. The zero-order valence-corrected chi connectivity index (χ0v) is 19.9. The minimum atomic E-state index is 0. The van der Waals surface area contributed by atoms with Gasteiger partial charge in [-0.1, -0.05) is 78.9 Å². The molecule has 0 aliphatic rings. The van der Waals surface area contributed by atoms with E-state index in [1.54, 1.807) is 0 Å². The molecule has 31 heavy (non-hydrogen) atoms. The third-order valence-corrected chi connectivity index (χ3v) is 6.51. The molecule has 0 bridgehead atoms. The van der Waals surface area contributed by atoms with E-state index in [4.69, 9.17) is 23.2 Å². The van der Waals surface area contributed by atoms with E-state index in [1.165, 1.54) is 32.7 Å². The van der Waals surface area contributed by atoms with Crippen molar-refractivity contribution in [2.75, 3.05) is 0 Å². The molecule has 0 saturated heterocycles. The van der Waals surface area contributed by atoms with Gasteiger partial charge in [-0.2, -0.15) is 0 Å². The molecule has 0 atom stereocenters. The van der Waals surface area contributed by atoms with Gasteiger partial charge in [0.2, 0.25) is 6.33 Å². The van der Waals surface area contributed by atoms with Crippen molar-refractivity contribution in [3.63, 3.8) is 0 Å². The van der Waals surface area contributed by atoms with E-state index >= 15 is 0 Å². The Morgan fingerprint density at radius 3 is 2.29 bits per heavy atom. The van der Waals surface area contributed by atoms with Crippen LogP contribution in [0.3, 0.4) is 0 Å². The summed E-state index contributed by atoms with van der Waals surface area (Å²) < 4.78 is 4.05. The van der Waals surface area contributed by atoms with Crippen LogP contribution in [0.15, 0.2) is 91.3 Å². The van der Waals surface area contributed by atoms with Crippen molar-refractivity contribution in [3.05, 3.63) is 113 Å². The van der Waals surface area contributed by atoms with Gasteiger partial charge < -0.3 is 17.0 Å². The highest BCUT2D eigenvalue weighted by Crippen LogP contribution is 2.23. The number of hydrogen-bond acceptors (Lipinski definition) is 0. The fourth-order valence-electron chi connectivity index (χ4n) is 4.06. The van der Waals surface area contributed by atoms with Crippen molar-refractivity contribution in [2.45, 2.75) is 19.5 Å². The van der Waals surface area contributed by atoms with Gasteiger partial charge in [0.1, 0.15) is 6.54 Å². The summed E-state index contributed by atoms with van der Waals surface area (Å²) in [6.45, 7) is 1.46. The van der Waals surface area contributed by atoms with Gasteiger partial charge in [-0.3, -0.25) is 0 Å². The Balaban J connectivity index is 0.00000231. The number of aryl methyl sites for hydroxylation is 2. The summed E-state index contributed by atoms with van der Waals surface area (Å²) in [5.74, 6) is 0. The molecule has 0 unspecified atom stereocenters. The van der Waals surface area contributed by atoms with Gasteiger partial charge in [-0.05, 0) is 61.9 Å². The van der Waals surface area contributed by atoms with Crippen molar-refractivity contribution in [1.82, 2.24) is 4.57 Å². The predicted molar refractivity (Wildman–Crippen MR) is 125 cm³/mol. The number of aromatic nitrogens is 2. The van der Waals surface area contributed by atoms with Crippen LogP contribution in [0.1, 0.15) is 11.1 Å². The van der Waals surface area contributed by atoms with E-state index in [1.807, 2.05) is 15.5 Å². The first-order valence-corrected chi connectivity index (χ1v) is 10.8. The van der Waals surface area contributed by atoms with Crippen molar-refractivity contribution < 1.29 is 21.5 Å². The SMILES string of the molecule is Clc1c(Cl)[n+](Cc2ccc3ccccc3c2)cn1CCc1cccc2ccccc12.[Br-]. The second-order valence-electron chi connectivity index (χ2n) is 7.59. The Morgan fingerprint density at radius 2 is 1.45 bits per heavy atom. The Kier molecular flexibility index (Phi) is 6.66. The topological polar surface area (TPSA) is 8.81 Å². The first-order valence-electron chi connectivity index (χ1n) is 10.1. The maximum Gasteiger partial charge on any atom is 0.255 e. The van der Waals surface area contributed by atoms with Crippen LogP contribution in [0.4, 0.5) is 0 Å². The van der Waals surface area contributed by atoms with Crippen molar-refractivity contribution in [3.8, 4) is 0 Å². The maximum absolute atomic E-state index is 6.57. The zero-order chi connectivity index (χ0) is 20.5. The molecule has 0 amide bonds. The van der Waals surface area contributed by atoms with Crippen LogP contribution >= 0.6 is 23.2 Å². The first-order chi connectivity index (χ1) is 14.7. The molecule has 1 aromatic heterocycles. The summed E-state index contributed by atoms with van der Waals surface area (Å²) in [7, 11) is 0. The standard InChI is InChI=1S/C26H21Cl2N2.BrH/c27-25-26(28)30(17-19-12-13-20-6-1-2-8-23(20)16-19)18-29(25)15-14-22-10-5-9-21-7-3-4-11-24(21)22;/h1-13,16,18H,14-15,17H2;1H/q+1;/p-1. The lowest BCUT2D eigenvalue weighted by Gasteiger charge is -2.05. The summed E-state index contributed by atoms with van der Waals surface area (Å²) in [5.41, 5.74) is 2.51. The van der Waals surface area contributed by atoms with E-state index in [0.717, 1.165) is 13.0 Å². The molecule has 5 heteroatoms. The summed E-state index contributed by atoms with van der Waals surface area (Å²) in [6.07, 6.45) is 2.91. The highest BCUT2D eigenvalue weighted by molar-refractivity contribution is 6.39. The fourth-order valence-corrected chi connectivity index (χ4v) is 4.51. The summed E-state index contributed by atoms with van der Waals surface area (Å²) in [5, 5.41) is 6.17. The highest BCUT2D eigenvalue weighted by Gasteiger charge is 2.20. The molecule has 5 aromatic rings. The molecule has 0 radical (unpaired) electrons. The number of rotatable bonds is 5. The van der Waals surface area contributed by atoms with Gasteiger partial charge >= 0.3 is 0 Å². The number of benzene rings is 4. The maximum atomic E-state index is 6.57. The number of imidazole rings is 1. The molecule has 0 aliphatic carbocycles. The summed E-state index contributed by atoms with van der Waals surface area (Å²) in [6, 6.07) is 29.8. The van der Waals surface area contributed by atoms with Crippen LogP contribution in [-0.2, 0) is 19.5 Å². The molecule has 156 valence electrons. The minimum Gasteiger partial charge on any atom is -1.00 e. The first kappa shape index (κ1) is 21.9. The molecular formula is C26H21BrCl2N2. The number of fused-ring (bicyclic) bond motifs is 2.